The number of anilines is 3. The quantitative estimate of drug-likeness (QED) is 0.640. The van der Waals surface area contributed by atoms with Crippen LogP contribution in [0.5, 0.6) is 0 Å². The van der Waals surface area contributed by atoms with Gasteiger partial charge in [-0.05, 0) is 54.7 Å². The van der Waals surface area contributed by atoms with E-state index >= 15 is 0 Å². The summed E-state index contributed by atoms with van der Waals surface area (Å²) in [5, 5.41) is 15.3. The normalized spacial score (nSPS) is 12.8. The lowest BCUT2D eigenvalue weighted by atomic mass is 10.1. The Labute approximate surface area is 169 Å². The van der Waals surface area contributed by atoms with Gasteiger partial charge in [-0.1, -0.05) is 30.3 Å². The molecule has 0 unspecified atom stereocenters. The summed E-state index contributed by atoms with van der Waals surface area (Å²) in [6.07, 6.45) is 1.63. The largest absolute Gasteiger partial charge is 0.399 e. The van der Waals surface area contributed by atoms with Gasteiger partial charge in [-0.2, -0.15) is 5.26 Å². The van der Waals surface area contributed by atoms with Gasteiger partial charge in [0.15, 0.2) is 0 Å². The molecule has 0 atom stereocenters. The number of rotatable bonds is 4. The Hall–Kier alpha value is -3.85. The molecular formula is C23H21N5O. The number of nitrogens with two attached hydrogens (primary N) is 1. The van der Waals surface area contributed by atoms with Crippen molar-refractivity contribution in [2.24, 2.45) is 0 Å². The molecule has 0 saturated heterocycles. The first-order chi connectivity index (χ1) is 14.0. The summed E-state index contributed by atoms with van der Waals surface area (Å²) >= 11 is 0. The number of nitrogens with zero attached hydrogens (tertiary/aromatic N) is 2. The van der Waals surface area contributed by atoms with Gasteiger partial charge in [0.2, 0.25) is 0 Å². The van der Waals surface area contributed by atoms with Gasteiger partial charge < -0.3 is 16.4 Å². The lowest BCUT2D eigenvalue weighted by molar-refractivity contribution is 0.0933. The molecule has 1 amide bonds. The zero-order chi connectivity index (χ0) is 20.4. The Morgan fingerprint density at radius 3 is 2.55 bits per heavy atom. The molecule has 29 heavy (non-hydrogen) atoms. The first kappa shape index (κ1) is 18.5. The van der Waals surface area contributed by atoms with Gasteiger partial charge in [0, 0.05) is 23.5 Å². The number of aromatic nitrogens is 1. The number of hydrogen-bond donors (Lipinski definition) is 3. The van der Waals surface area contributed by atoms with Crippen molar-refractivity contribution < 1.29 is 4.79 Å². The zero-order valence-corrected chi connectivity index (χ0v) is 16.1. The number of benzene rings is 2. The van der Waals surface area contributed by atoms with Gasteiger partial charge in [0.25, 0.3) is 5.91 Å². The molecule has 0 spiro atoms. The summed E-state index contributed by atoms with van der Waals surface area (Å²) in [6.45, 7) is 1.93. The average Bonchev–Trinajstić information content (AvgIpc) is 3.11. The second-order valence-electron chi connectivity index (χ2n) is 7.28. The van der Waals surface area contributed by atoms with Gasteiger partial charge >= 0.3 is 0 Å². The van der Waals surface area contributed by atoms with Crippen molar-refractivity contribution in [2.75, 3.05) is 11.1 Å². The van der Waals surface area contributed by atoms with Crippen LogP contribution in [0.3, 0.4) is 0 Å². The van der Waals surface area contributed by atoms with Gasteiger partial charge in [-0.15, -0.1) is 0 Å². The van der Waals surface area contributed by atoms with E-state index in [2.05, 4.69) is 33.8 Å². The van der Waals surface area contributed by atoms with Crippen LogP contribution >= 0.6 is 0 Å². The number of hydrogen-bond acceptors (Lipinski definition) is 5. The third-order valence-corrected chi connectivity index (χ3v) is 5.10. The summed E-state index contributed by atoms with van der Waals surface area (Å²) in [5.74, 6) is 0.212. The lowest BCUT2D eigenvalue weighted by Crippen LogP contribution is -2.35. The summed E-state index contributed by atoms with van der Waals surface area (Å²) in [7, 11) is 0. The number of carbonyl (C=O) groups excluding carboxylic acids is 1. The van der Waals surface area contributed by atoms with Crippen LogP contribution in [0.1, 0.15) is 32.7 Å². The van der Waals surface area contributed by atoms with Crippen LogP contribution in [0.15, 0.2) is 54.6 Å². The van der Waals surface area contributed by atoms with Crippen molar-refractivity contribution >= 4 is 23.1 Å². The maximum atomic E-state index is 12.8. The molecule has 0 radical (unpaired) electrons. The van der Waals surface area contributed by atoms with E-state index in [-0.39, 0.29) is 17.6 Å². The number of nitriles is 1. The van der Waals surface area contributed by atoms with E-state index in [1.54, 1.807) is 24.3 Å². The minimum atomic E-state index is -0.249. The molecule has 3 aromatic rings. The maximum Gasteiger partial charge on any atom is 0.270 e. The standard InChI is InChI=1S/C23H21N5O/c1-14-6-7-15(13-24)8-20(14)27-22-12-18(25)11-21(28-22)23(29)26-19-9-16-4-2-3-5-17(16)10-19/h2-8,11-12,19H,9-10H2,1H3,(H,26,29)(H3,25,27,28). The fourth-order valence-electron chi connectivity index (χ4n) is 3.62. The second kappa shape index (κ2) is 7.64. The Morgan fingerprint density at radius 1 is 1.14 bits per heavy atom. The number of nitrogens with one attached hydrogen (secondary N) is 2. The number of aryl methyl sites for hydroxylation is 1. The SMILES string of the molecule is Cc1ccc(C#N)cc1Nc1cc(N)cc(C(=O)NC2Cc3ccccc3C2)n1. The highest BCUT2D eigenvalue weighted by Crippen LogP contribution is 2.24. The second-order valence-corrected chi connectivity index (χ2v) is 7.28. The molecule has 0 fully saturated rings. The molecule has 144 valence electrons. The minimum Gasteiger partial charge on any atom is -0.399 e. The van der Waals surface area contributed by atoms with E-state index < -0.39 is 0 Å². The van der Waals surface area contributed by atoms with Crippen molar-refractivity contribution in [3.05, 3.63) is 82.5 Å². The van der Waals surface area contributed by atoms with Gasteiger partial charge in [0.05, 0.1) is 11.6 Å². The Bertz CT molecular complexity index is 1110. The minimum absolute atomic E-state index is 0.0501. The third-order valence-electron chi connectivity index (χ3n) is 5.10. The number of nitrogen functional groups attached to an aromatic ring is 1. The van der Waals surface area contributed by atoms with Crippen LogP contribution in [0.4, 0.5) is 17.2 Å². The molecule has 4 rings (SSSR count). The van der Waals surface area contributed by atoms with E-state index in [0.29, 0.717) is 17.1 Å². The van der Waals surface area contributed by atoms with E-state index in [1.165, 1.54) is 11.1 Å². The summed E-state index contributed by atoms with van der Waals surface area (Å²) < 4.78 is 0. The van der Waals surface area contributed by atoms with Crippen LogP contribution < -0.4 is 16.4 Å². The van der Waals surface area contributed by atoms with Crippen LogP contribution in [-0.2, 0) is 12.8 Å². The number of amides is 1. The highest BCUT2D eigenvalue weighted by molar-refractivity contribution is 5.94. The van der Waals surface area contributed by atoms with Crippen LogP contribution in [0.2, 0.25) is 0 Å². The topological polar surface area (TPSA) is 104 Å². The molecule has 4 N–H and O–H groups in total. The van der Waals surface area contributed by atoms with Crippen molar-refractivity contribution in [1.82, 2.24) is 10.3 Å². The molecule has 1 aromatic heterocycles. The molecule has 6 nitrogen and oxygen atoms in total. The summed E-state index contributed by atoms with van der Waals surface area (Å²) in [6, 6.07) is 19.0. The van der Waals surface area contributed by atoms with Crippen molar-refractivity contribution in [3.8, 4) is 6.07 Å². The van der Waals surface area contributed by atoms with Gasteiger partial charge in [-0.25, -0.2) is 4.98 Å². The lowest BCUT2D eigenvalue weighted by Gasteiger charge is -2.14. The Morgan fingerprint density at radius 2 is 1.86 bits per heavy atom. The summed E-state index contributed by atoms with van der Waals surface area (Å²) in [4.78, 5) is 17.2. The molecule has 0 bridgehead atoms. The Balaban J connectivity index is 1.51. The average molecular weight is 383 g/mol. The van der Waals surface area contributed by atoms with E-state index in [4.69, 9.17) is 11.0 Å². The maximum absolute atomic E-state index is 12.8. The van der Waals surface area contributed by atoms with Crippen molar-refractivity contribution in [3.63, 3.8) is 0 Å². The van der Waals surface area contributed by atoms with Gasteiger partial charge in [-0.3, -0.25) is 4.79 Å². The number of fused-ring (bicyclic) bond motifs is 1. The molecular weight excluding hydrogens is 362 g/mol. The smallest absolute Gasteiger partial charge is 0.270 e. The molecule has 1 aliphatic carbocycles. The highest BCUT2D eigenvalue weighted by atomic mass is 16.1. The third kappa shape index (κ3) is 4.04. The van der Waals surface area contributed by atoms with Crippen molar-refractivity contribution in [1.29, 1.82) is 5.26 Å². The zero-order valence-electron chi connectivity index (χ0n) is 16.1. The molecule has 0 aliphatic heterocycles. The van der Waals surface area contributed by atoms with Crippen LogP contribution in [0.25, 0.3) is 0 Å². The first-order valence-corrected chi connectivity index (χ1v) is 9.45. The highest BCUT2D eigenvalue weighted by Gasteiger charge is 2.23. The number of pyridine rings is 1. The van der Waals surface area contributed by atoms with Crippen LogP contribution in [-0.4, -0.2) is 16.9 Å². The van der Waals surface area contributed by atoms with Crippen LogP contribution in [0, 0.1) is 18.3 Å². The number of carbonyl (C=O) groups is 1. The van der Waals surface area contributed by atoms with E-state index in [1.807, 2.05) is 25.1 Å². The molecule has 1 heterocycles. The monoisotopic (exact) mass is 383 g/mol. The predicted molar refractivity (Wildman–Crippen MR) is 113 cm³/mol. The fourth-order valence-corrected chi connectivity index (χ4v) is 3.62. The predicted octanol–water partition coefficient (Wildman–Crippen LogP) is 3.48. The molecule has 0 saturated carbocycles. The Kier molecular flexibility index (Phi) is 4.88. The van der Waals surface area contributed by atoms with Gasteiger partial charge in [0.1, 0.15) is 11.5 Å². The molecule has 2 aromatic carbocycles. The molecule has 6 heteroatoms. The van der Waals surface area contributed by atoms with E-state index in [9.17, 15) is 4.79 Å². The van der Waals surface area contributed by atoms with E-state index in [0.717, 1.165) is 24.1 Å². The first-order valence-electron chi connectivity index (χ1n) is 9.45. The fraction of sp³-hybridized carbons (Fsp3) is 0.174. The molecule has 1 aliphatic rings. The summed E-state index contributed by atoms with van der Waals surface area (Å²) in [5.41, 5.74) is 11.5. The van der Waals surface area contributed by atoms with Crippen molar-refractivity contribution in [2.45, 2.75) is 25.8 Å².